The van der Waals surface area contributed by atoms with Gasteiger partial charge in [0.05, 0.1) is 12.0 Å². The van der Waals surface area contributed by atoms with Gasteiger partial charge in [0.2, 0.25) is 0 Å². The molecule has 1 amide bonds. The van der Waals surface area contributed by atoms with Crippen molar-refractivity contribution < 1.29 is 23.4 Å². The minimum Gasteiger partial charge on any atom is -0.487 e. The molecule has 2 aromatic rings. The average molecular weight is 553 g/mol. The topological polar surface area (TPSA) is 81.5 Å². The number of piperidine rings is 2. The summed E-state index contributed by atoms with van der Waals surface area (Å²) < 4.78 is 24.0. The number of carbonyl (C=O) groups is 1. The first-order valence-electron chi connectivity index (χ1n) is 15.3. The van der Waals surface area contributed by atoms with E-state index >= 15 is 0 Å². The third-order valence-corrected chi connectivity index (χ3v) is 9.58. The van der Waals surface area contributed by atoms with Crippen LogP contribution in [0.5, 0.6) is 11.5 Å². The van der Waals surface area contributed by atoms with E-state index in [9.17, 15) is 9.59 Å². The van der Waals surface area contributed by atoms with Crippen LogP contribution in [0, 0.1) is 5.92 Å². The van der Waals surface area contributed by atoms with E-state index in [2.05, 4.69) is 18.7 Å². The monoisotopic (exact) mass is 552 g/mol. The van der Waals surface area contributed by atoms with Gasteiger partial charge in [0.25, 0.3) is 5.91 Å². The smallest absolute Gasteiger partial charge is 0.339 e. The molecular formula is C32H44N2O6. The Morgan fingerprint density at radius 2 is 1.90 bits per heavy atom. The van der Waals surface area contributed by atoms with Crippen molar-refractivity contribution in [3.05, 3.63) is 33.2 Å². The summed E-state index contributed by atoms with van der Waals surface area (Å²) in [5, 5.41) is 0.843. The van der Waals surface area contributed by atoms with Crippen LogP contribution in [0.15, 0.2) is 15.3 Å². The number of hydrogen-bond acceptors (Lipinski definition) is 7. The number of aryl methyl sites for hydroxylation is 2. The standard InChI is InChI=1S/C32H44N2O6/c1-32(2)13-12-24-26(40-32)18-27(29-22-9-6-10-23(22)31(36)39-30(24)29)38-20-28(35)34(16-17-37-3)19-21-8-7-15-33-14-5-4-11-25(21)33/h18,21,25H,4-17,19-20H2,1-3H3/t21-,25+/m0/s1. The quantitative estimate of drug-likeness (QED) is 0.446. The molecule has 1 aromatic heterocycles. The van der Waals surface area contributed by atoms with Gasteiger partial charge < -0.3 is 28.4 Å². The van der Waals surface area contributed by atoms with Crippen LogP contribution < -0.4 is 15.1 Å². The fourth-order valence-electron chi connectivity index (χ4n) is 7.49. The van der Waals surface area contributed by atoms with E-state index in [4.69, 9.17) is 18.6 Å². The number of ether oxygens (including phenoxy) is 3. The highest BCUT2D eigenvalue weighted by Gasteiger charge is 2.36. The molecule has 3 aliphatic heterocycles. The Balaban J connectivity index is 1.27. The lowest BCUT2D eigenvalue weighted by molar-refractivity contribution is -0.135. The van der Waals surface area contributed by atoms with Crippen molar-refractivity contribution in [2.75, 3.05) is 46.5 Å². The molecule has 4 aliphatic rings. The summed E-state index contributed by atoms with van der Waals surface area (Å²) in [5.74, 6) is 1.70. The van der Waals surface area contributed by atoms with Gasteiger partial charge in [0, 0.05) is 43.4 Å². The Bertz CT molecular complexity index is 1310. The van der Waals surface area contributed by atoms with E-state index < -0.39 is 0 Å². The lowest BCUT2D eigenvalue weighted by atomic mass is 9.83. The molecule has 0 saturated carbocycles. The molecule has 1 aliphatic carbocycles. The summed E-state index contributed by atoms with van der Waals surface area (Å²) in [4.78, 5) is 31.2. The second kappa shape index (κ2) is 11.4. The van der Waals surface area contributed by atoms with Crippen LogP contribution in [-0.2, 0) is 28.8 Å². The molecule has 4 heterocycles. The minimum atomic E-state index is -0.325. The zero-order valence-corrected chi connectivity index (χ0v) is 24.4. The maximum atomic E-state index is 13.7. The normalized spacial score (nSPS) is 23.7. The molecule has 218 valence electrons. The van der Waals surface area contributed by atoms with Crippen LogP contribution in [-0.4, -0.2) is 73.9 Å². The Hall–Kier alpha value is -2.58. The maximum absolute atomic E-state index is 13.7. The first-order chi connectivity index (χ1) is 19.3. The van der Waals surface area contributed by atoms with Gasteiger partial charge in [-0.05, 0) is 96.2 Å². The molecule has 0 bridgehead atoms. The molecule has 2 atom stereocenters. The van der Waals surface area contributed by atoms with Crippen LogP contribution >= 0.6 is 0 Å². The van der Waals surface area contributed by atoms with E-state index in [1.165, 1.54) is 38.8 Å². The zero-order valence-electron chi connectivity index (χ0n) is 24.4. The van der Waals surface area contributed by atoms with Gasteiger partial charge in [0.15, 0.2) is 6.61 Å². The molecule has 40 heavy (non-hydrogen) atoms. The SMILES string of the molecule is COCCN(C[C@@H]1CCCN2CCCC[C@H]12)C(=O)COc1cc2c(c3oc(=O)c4c(c13)CCC4)CCC(C)(C)O2. The lowest BCUT2D eigenvalue weighted by Gasteiger charge is -2.45. The zero-order chi connectivity index (χ0) is 27.9. The molecule has 0 unspecified atom stereocenters. The number of amides is 1. The summed E-state index contributed by atoms with van der Waals surface area (Å²) in [5.41, 5.74) is 2.67. The van der Waals surface area contributed by atoms with Crippen molar-refractivity contribution in [2.24, 2.45) is 5.92 Å². The van der Waals surface area contributed by atoms with Crippen molar-refractivity contribution in [1.29, 1.82) is 0 Å². The molecule has 0 N–H and O–H groups in total. The molecule has 6 rings (SSSR count). The number of fused-ring (bicyclic) bond motifs is 6. The molecule has 8 nitrogen and oxygen atoms in total. The van der Waals surface area contributed by atoms with Gasteiger partial charge in [-0.25, -0.2) is 4.79 Å². The van der Waals surface area contributed by atoms with Crippen LogP contribution in [0.25, 0.3) is 11.0 Å². The van der Waals surface area contributed by atoms with Crippen molar-refractivity contribution >= 4 is 16.9 Å². The highest BCUT2D eigenvalue weighted by molar-refractivity contribution is 5.93. The van der Waals surface area contributed by atoms with Gasteiger partial charge in [-0.3, -0.25) is 4.79 Å². The molecule has 2 saturated heterocycles. The minimum absolute atomic E-state index is 0.0360. The Morgan fingerprint density at radius 3 is 2.75 bits per heavy atom. The van der Waals surface area contributed by atoms with Gasteiger partial charge in [-0.1, -0.05) is 6.42 Å². The first kappa shape index (κ1) is 27.6. The van der Waals surface area contributed by atoms with E-state index in [0.29, 0.717) is 42.2 Å². The van der Waals surface area contributed by atoms with Crippen molar-refractivity contribution in [3.8, 4) is 11.5 Å². The van der Waals surface area contributed by atoms with Crippen LogP contribution in [0.1, 0.15) is 75.5 Å². The Labute approximate surface area is 236 Å². The third-order valence-electron chi connectivity index (χ3n) is 9.58. The summed E-state index contributed by atoms with van der Waals surface area (Å²) in [6.07, 6.45) is 10.2. The Kier molecular flexibility index (Phi) is 7.83. The Morgan fingerprint density at radius 1 is 1.07 bits per heavy atom. The largest absolute Gasteiger partial charge is 0.487 e. The number of carbonyl (C=O) groups excluding carboxylic acids is 1. The summed E-state index contributed by atoms with van der Waals surface area (Å²) in [6, 6.07) is 2.49. The van der Waals surface area contributed by atoms with Crippen molar-refractivity contribution in [3.63, 3.8) is 0 Å². The summed E-state index contributed by atoms with van der Waals surface area (Å²) in [6.45, 7) is 8.20. The summed E-state index contributed by atoms with van der Waals surface area (Å²) >= 11 is 0. The molecule has 2 fully saturated rings. The number of methoxy groups -OCH3 is 1. The van der Waals surface area contributed by atoms with Crippen molar-refractivity contribution in [1.82, 2.24) is 9.80 Å². The third kappa shape index (κ3) is 5.37. The molecule has 8 heteroatoms. The van der Waals surface area contributed by atoms with Crippen LogP contribution in [0.4, 0.5) is 0 Å². The van der Waals surface area contributed by atoms with E-state index in [0.717, 1.165) is 67.1 Å². The molecular weight excluding hydrogens is 508 g/mol. The van der Waals surface area contributed by atoms with Gasteiger partial charge in [0.1, 0.15) is 22.7 Å². The van der Waals surface area contributed by atoms with E-state index in [1.807, 2.05) is 11.0 Å². The number of rotatable bonds is 8. The van der Waals surface area contributed by atoms with Gasteiger partial charge in [-0.15, -0.1) is 0 Å². The second-order valence-electron chi connectivity index (χ2n) is 12.7. The predicted molar refractivity (Wildman–Crippen MR) is 153 cm³/mol. The van der Waals surface area contributed by atoms with Gasteiger partial charge >= 0.3 is 5.63 Å². The number of nitrogens with zero attached hydrogens (tertiary/aromatic N) is 2. The molecule has 0 radical (unpaired) electrons. The van der Waals surface area contributed by atoms with Crippen LogP contribution in [0.3, 0.4) is 0 Å². The van der Waals surface area contributed by atoms with E-state index in [-0.39, 0.29) is 23.7 Å². The molecule has 1 aromatic carbocycles. The van der Waals surface area contributed by atoms with E-state index in [1.54, 1.807) is 7.11 Å². The second-order valence-corrected chi connectivity index (χ2v) is 12.7. The average Bonchev–Trinajstić information content (AvgIpc) is 3.44. The molecule has 0 spiro atoms. The fourth-order valence-corrected chi connectivity index (χ4v) is 7.49. The highest BCUT2D eigenvalue weighted by atomic mass is 16.5. The summed E-state index contributed by atoms with van der Waals surface area (Å²) in [7, 11) is 1.68. The van der Waals surface area contributed by atoms with Crippen molar-refractivity contribution in [2.45, 2.75) is 89.7 Å². The number of benzene rings is 1. The lowest BCUT2D eigenvalue weighted by Crippen LogP contribution is -2.52. The van der Waals surface area contributed by atoms with Gasteiger partial charge in [-0.2, -0.15) is 0 Å². The fraction of sp³-hybridized carbons (Fsp3) is 0.688. The first-order valence-corrected chi connectivity index (χ1v) is 15.3. The predicted octanol–water partition coefficient (Wildman–Crippen LogP) is 4.50. The number of hydrogen-bond donors (Lipinski definition) is 0. The maximum Gasteiger partial charge on any atom is 0.339 e. The van der Waals surface area contributed by atoms with Crippen LogP contribution in [0.2, 0.25) is 0 Å². The highest BCUT2D eigenvalue weighted by Crippen LogP contribution is 2.44.